The van der Waals surface area contributed by atoms with Gasteiger partial charge in [-0.3, -0.25) is 0 Å². The molecule has 2 N–H and O–H groups in total. The largest absolute Gasteiger partial charge is 1.00 e. The molecule has 0 atom stereocenters. The molecule has 0 spiro atoms. The van der Waals surface area contributed by atoms with Gasteiger partial charge in [0.05, 0.1) is 29.6 Å². The number of carboxylic acid groups (broad SMARTS) is 1. The van der Waals surface area contributed by atoms with E-state index in [2.05, 4.69) is 36.6 Å². The minimum Gasteiger partial charge on any atom is -0.870 e. The molecule has 0 heterocycles. The zero-order valence-electron chi connectivity index (χ0n) is 17.2. The summed E-state index contributed by atoms with van der Waals surface area (Å²) in [6, 6.07) is 10.3. The Morgan fingerprint density at radius 1 is 0.862 bits per heavy atom. The summed E-state index contributed by atoms with van der Waals surface area (Å²) in [6.45, 7) is 0. The zero-order valence-corrected chi connectivity index (χ0v) is 22.4. The van der Waals surface area contributed by atoms with Crippen LogP contribution < -0.4 is 39.4 Å². The molecular weight excluding hydrogens is 519 g/mol. The summed E-state index contributed by atoms with van der Waals surface area (Å²) >= 11 is 6.75. The first-order valence-corrected chi connectivity index (χ1v) is 9.42. The molecule has 2 aromatic rings. The minimum absolute atomic E-state index is 0. The van der Waals surface area contributed by atoms with E-state index in [0.717, 1.165) is 20.3 Å². The van der Waals surface area contributed by atoms with Crippen LogP contribution in [0.4, 0.5) is 11.4 Å². The molecule has 10 heteroatoms. The quantitative estimate of drug-likeness (QED) is 0.460. The van der Waals surface area contributed by atoms with E-state index in [1.165, 1.54) is 7.11 Å². The summed E-state index contributed by atoms with van der Waals surface area (Å²) in [5, 5.41) is 8.75. The van der Waals surface area contributed by atoms with E-state index < -0.39 is 5.97 Å². The first-order valence-electron chi connectivity index (χ1n) is 7.83. The van der Waals surface area contributed by atoms with Gasteiger partial charge in [0.1, 0.15) is 0 Å². The molecule has 0 amide bonds. The van der Waals surface area contributed by atoms with Crippen LogP contribution in [-0.4, -0.2) is 57.8 Å². The standard InChI is InChI=1S/C10H12BrNO2.C9H10BrNO2.Na.H2O/c1-12(2)9-6-7(10(13)14-3)4-5-8(9)11;1-11(2)8-5-6(9(12)13)3-4-7(8)10;;/h4-6H,1-3H3;3-5H,1-2H3,(H,12,13);;1H2/q;;+1;/p-1. The second kappa shape index (κ2) is 14.0. The minimum atomic E-state index is -0.907. The van der Waals surface area contributed by atoms with E-state index in [1.807, 2.05) is 44.1 Å². The van der Waals surface area contributed by atoms with Crippen molar-refractivity contribution in [3.8, 4) is 0 Å². The number of anilines is 2. The molecule has 2 rings (SSSR count). The Hall–Kier alpha value is -1.10. The third-order valence-corrected chi connectivity index (χ3v) is 4.87. The number of benzene rings is 2. The molecule has 29 heavy (non-hydrogen) atoms. The van der Waals surface area contributed by atoms with Crippen LogP contribution in [0.2, 0.25) is 0 Å². The van der Waals surface area contributed by atoms with Crippen molar-refractivity contribution >= 4 is 55.2 Å². The van der Waals surface area contributed by atoms with E-state index in [1.54, 1.807) is 30.3 Å². The van der Waals surface area contributed by atoms with Gasteiger partial charge in [-0.2, -0.15) is 0 Å². The van der Waals surface area contributed by atoms with Crippen molar-refractivity contribution in [3.05, 3.63) is 56.5 Å². The Morgan fingerprint density at radius 2 is 1.24 bits per heavy atom. The topological polar surface area (TPSA) is 100 Å². The van der Waals surface area contributed by atoms with Crippen molar-refractivity contribution in [2.75, 3.05) is 45.1 Å². The number of aromatic carboxylic acids is 1. The molecule has 2 aromatic carbocycles. The van der Waals surface area contributed by atoms with E-state index in [-0.39, 0.29) is 41.0 Å². The van der Waals surface area contributed by atoms with Crippen molar-refractivity contribution in [1.82, 2.24) is 0 Å². The molecule has 0 saturated carbocycles. The molecule has 0 aromatic heterocycles. The Labute approximate surface area is 209 Å². The maximum atomic E-state index is 11.2. The van der Waals surface area contributed by atoms with Crippen molar-refractivity contribution in [3.63, 3.8) is 0 Å². The van der Waals surface area contributed by atoms with Gasteiger partial charge in [-0.1, -0.05) is 0 Å². The molecule has 0 aliphatic rings. The number of hydrogen-bond donors (Lipinski definition) is 1. The summed E-state index contributed by atoms with van der Waals surface area (Å²) in [4.78, 5) is 25.7. The molecule has 0 aliphatic heterocycles. The summed E-state index contributed by atoms with van der Waals surface area (Å²) in [7, 11) is 8.94. The fourth-order valence-corrected chi connectivity index (χ4v) is 3.29. The number of hydrogen-bond acceptors (Lipinski definition) is 6. The number of ether oxygens (including phenoxy) is 1. The van der Waals surface area contributed by atoms with Crippen LogP contribution in [0.25, 0.3) is 0 Å². The van der Waals surface area contributed by atoms with E-state index >= 15 is 0 Å². The number of methoxy groups -OCH3 is 1. The maximum Gasteiger partial charge on any atom is 1.00 e. The van der Waals surface area contributed by atoms with Crippen molar-refractivity contribution < 1.29 is 54.5 Å². The van der Waals surface area contributed by atoms with Crippen LogP contribution in [0, 0.1) is 0 Å². The fraction of sp³-hybridized carbons (Fsp3) is 0.263. The van der Waals surface area contributed by atoms with Crippen molar-refractivity contribution in [2.24, 2.45) is 0 Å². The number of rotatable bonds is 4. The summed E-state index contributed by atoms with van der Waals surface area (Å²) in [5.41, 5.74) is 2.67. The first kappa shape index (κ1) is 30.1. The fourth-order valence-electron chi connectivity index (χ4n) is 2.09. The molecular formula is C19H23Br2N2NaO5. The molecule has 0 radical (unpaired) electrons. The van der Waals surface area contributed by atoms with Crippen LogP contribution in [0.3, 0.4) is 0 Å². The van der Waals surface area contributed by atoms with Crippen LogP contribution in [0.1, 0.15) is 20.7 Å². The SMILES string of the molecule is CN(C)c1cc(C(=O)O)ccc1Br.COC(=O)c1ccc(Br)c(N(C)C)c1.[Na+].[OH-]. The van der Waals surface area contributed by atoms with Gasteiger partial charge in [0.2, 0.25) is 0 Å². The van der Waals surface area contributed by atoms with Gasteiger partial charge < -0.3 is 25.1 Å². The molecule has 7 nitrogen and oxygen atoms in total. The summed E-state index contributed by atoms with van der Waals surface area (Å²) < 4.78 is 6.48. The molecule has 0 saturated heterocycles. The summed E-state index contributed by atoms with van der Waals surface area (Å²) in [6.07, 6.45) is 0. The normalized spacial score (nSPS) is 9.07. The number of carbonyl (C=O) groups is 2. The second-order valence-electron chi connectivity index (χ2n) is 5.92. The van der Waals surface area contributed by atoms with Crippen molar-refractivity contribution in [1.29, 1.82) is 0 Å². The van der Waals surface area contributed by atoms with E-state index in [9.17, 15) is 9.59 Å². The molecule has 0 unspecified atom stereocenters. The van der Waals surface area contributed by atoms with Gasteiger partial charge in [0, 0.05) is 37.1 Å². The van der Waals surface area contributed by atoms with Gasteiger partial charge >= 0.3 is 41.5 Å². The Morgan fingerprint density at radius 3 is 1.59 bits per heavy atom. The van der Waals surface area contributed by atoms with E-state index in [4.69, 9.17) is 5.11 Å². The molecule has 154 valence electrons. The molecule has 0 bridgehead atoms. The number of carbonyl (C=O) groups excluding carboxylic acids is 1. The number of carboxylic acids is 1. The monoisotopic (exact) mass is 540 g/mol. The predicted molar refractivity (Wildman–Crippen MR) is 117 cm³/mol. The predicted octanol–water partition coefficient (Wildman–Crippen LogP) is 1.34. The molecule has 0 fully saturated rings. The average molecular weight is 542 g/mol. The van der Waals surface area contributed by atoms with Gasteiger partial charge in [-0.25, -0.2) is 9.59 Å². The van der Waals surface area contributed by atoms with Gasteiger partial charge in [0.25, 0.3) is 0 Å². The smallest absolute Gasteiger partial charge is 0.870 e. The summed E-state index contributed by atoms with van der Waals surface area (Å²) in [5.74, 6) is -1.23. The van der Waals surface area contributed by atoms with Crippen LogP contribution >= 0.6 is 31.9 Å². The first-order chi connectivity index (χ1) is 12.6. The second-order valence-corrected chi connectivity index (χ2v) is 7.63. The van der Waals surface area contributed by atoms with Crippen LogP contribution in [0.5, 0.6) is 0 Å². The Kier molecular flexibility index (Phi) is 14.5. The third kappa shape index (κ3) is 9.06. The number of halogens is 2. The average Bonchev–Trinajstić information content (AvgIpc) is 2.61. The van der Waals surface area contributed by atoms with Gasteiger partial charge in [-0.15, -0.1) is 0 Å². The van der Waals surface area contributed by atoms with Crippen LogP contribution in [-0.2, 0) is 4.74 Å². The van der Waals surface area contributed by atoms with E-state index in [0.29, 0.717) is 11.1 Å². The van der Waals surface area contributed by atoms with Gasteiger partial charge in [-0.05, 0) is 68.3 Å². The number of esters is 1. The Balaban J connectivity index is 0. The van der Waals surface area contributed by atoms with Crippen LogP contribution in [0.15, 0.2) is 45.3 Å². The number of nitrogens with zero attached hydrogens (tertiary/aromatic N) is 2. The van der Waals surface area contributed by atoms with Crippen molar-refractivity contribution in [2.45, 2.75) is 0 Å². The third-order valence-electron chi connectivity index (χ3n) is 3.52. The molecule has 0 aliphatic carbocycles. The zero-order chi connectivity index (χ0) is 20.7. The Bertz CT molecular complexity index is 832. The van der Waals surface area contributed by atoms with Gasteiger partial charge in [0.15, 0.2) is 0 Å². The maximum absolute atomic E-state index is 11.2.